The first kappa shape index (κ1) is 39.0. The second-order valence-electron chi connectivity index (χ2n) is 12.9. The van der Waals surface area contributed by atoms with Crippen LogP contribution in [0.2, 0.25) is 0 Å². The van der Waals surface area contributed by atoms with E-state index in [0.717, 1.165) is 29.7 Å². The third-order valence-corrected chi connectivity index (χ3v) is 10.1. The zero-order valence-electron chi connectivity index (χ0n) is 28.0. The quantitative estimate of drug-likeness (QED) is 0.0866. The number of nitrogens with zero attached hydrogens (tertiary/aromatic N) is 1. The summed E-state index contributed by atoms with van der Waals surface area (Å²) in [6.07, 6.45) is 4.66. The van der Waals surface area contributed by atoms with Crippen LogP contribution in [0.4, 0.5) is 14.5 Å². The number of carbonyl (C=O) groups is 4. The summed E-state index contributed by atoms with van der Waals surface area (Å²) in [5, 5.41) is 3.04. The van der Waals surface area contributed by atoms with Gasteiger partial charge in [0.25, 0.3) is 0 Å². The molecule has 3 atom stereocenters. The number of ether oxygens (including phenoxy) is 1. The highest BCUT2D eigenvalue weighted by Gasteiger charge is 2.50. The predicted molar refractivity (Wildman–Crippen MR) is 183 cm³/mol. The van der Waals surface area contributed by atoms with Crippen LogP contribution in [0.3, 0.4) is 0 Å². The predicted octanol–water partition coefficient (Wildman–Crippen LogP) is 3.69. The average Bonchev–Trinajstić information content (AvgIpc) is 3.40. The van der Waals surface area contributed by atoms with Gasteiger partial charge in [0.05, 0.1) is 5.69 Å². The molecule has 50 heavy (non-hydrogen) atoms. The van der Waals surface area contributed by atoms with E-state index in [1.54, 1.807) is 6.92 Å². The second-order valence-corrected chi connectivity index (χ2v) is 14.5. The van der Waals surface area contributed by atoms with E-state index in [2.05, 4.69) is 5.32 Å². The number of rotatable bonds is 18. The van der Waals surface area contributed by atoms with Gasteiger partial charge in [-0.2, -0.15) is 8.78 Å². The Morgan fingerprint density at radius 2 is 1.78 bits per heavy atom. The number of ketones is 1. The third-order valence-electron chi connectivity index (χ3n) is 9.12. The molecule has 0 bridgehead atoms. The molecule has 0 unspecified atom stereocenters. The lowest BCUT2D eigenvalue weighted by Crippen LogP contribution is -2.52. The fourth-order valence-electron chi connectivity index (χ4n) is 6.44. The summed E-state index contributed by atoms with van der Waals surface area (Å²) >= 11 is 0. The summed E-state index contributed by atoms with van der Waals surface area (Å²) in [5.41, 5.74) is 8.93. The third kappa shape index (κ3) is 9.49. The second kappa shape index (κ2) is 16.9. The number of nitrogens with two attached hydrogens (primary N) is 2. The molecule has 0 spiro atoms. The Morgan fingerprint density at radius 1 is 1.10 bits per heavy atom. The Labute approximate surface area is 289 Å². The van der Waals surface area contributed by atoms with Gasteiger partial charge in [-0.1, -0.05) is 42.5 Å². The zero-order chi connectivity index (χ0) is 36.6. The van der Waals surface area contributed by atoms with Gasteiger partial charge in [0.2, 0.25) is 17.7 Å². The highest BCUT2D eigenvalue weighted by Crippen LogP contribution is 2.59. The highest BCUT2D eigenvalue weighted by molar-refractivity contribution is 7.52. The van der Waals surface area contributed by atoms with Crippen LogP contribution < -0.4 is 21.7 Å². The molecule has 0 fully saturated rings. The number of halogens is 2. The van der Waals surface area contributed by atoms with E-state index in [4.69, 9.17) is 26.0 Å². The van der Waals surface area contributed by atoms with Crippen molar-refractivity contribution in [2.24, 2.45) is 17.4 Å². The van der Waals surface area contributed by atoms with Crippen LogP contribution in [0, 0.1) is 5.92 Å². The molecule has 7 N–H and O–H groups in total. The Hall–Kier alpha value is -3.81. The monoisotopic (exact) mass is 718 g/mol. The average molecular weight is 719 g/mol. The lowest BCUT2D eigenvalue weighted by atomic mass is 9.92. The van der Waals surface area contributed by atoms with Crippen molar-refractivity contribution >= 4 is 42.4 Å². The van der Waals surface area contributed by atoms with Crippen LogP contribution in [-0.4, -0.2) is 65.1 Å². The SMILES string of the molecule is C/C(=C\C(=O)C[C@H]1CCc2cccc3c2N(C1=O)[C@H](C(=O)N[C@H](CCCOCCCN)CCC(N)=O)C3)c1ccc(C(F)(F)P(=O)(O)O)cc1. The minimum Gasteiger partial charge on any atom is -0.381 e. The number of hydrogen-bond donors (Lipinski definition) is 5. The first-order valence-electron chi connectivity index (χ1n) is 16.7. The molecule has 0 aliphatic carbocycles. The van der Waals surface area contributed by atoms with Crippen LogP contribution in [0.1, 0.15) is 74.1 Å². The van der Waals surface area contributed by atoms with Crippen molar-refractivity contribution in [1.82, 2.24) is 5.32 Å². The molecule has 3 amide bonds. The lowest BCUT2D eigenvalue weighted by Gasteiger charge is -2.29. The number of amides is 3. The largest absolute Gasteiger partial charge is 0.399 e. The molecular formula is C35H45F2N4O8P. The van der Waals surface area contributed by atoms with Gasteiger partial charge >= 0.3 is 13.3 Å². The smallest absolute Gasteiger partial charge is 0.381 e. The molecule has 12 nitrogen and oxygen atoms in total. The van der Waals surface area contributed by atoms with E-state index < -0.39 is 36.7 Å². The van der Waals surface area contributed by atoms with Gasteiger partial charge in [0.1, 0.15) is 6.04 Å². The van der Waals surface area contributed by atoms with Crippen molar-refractivity contribution in [2.45, 2.75) is 82.5 Å². The number of nitrogens with one attached hydrogen (secondary N) is 1. The van der Waals surface area contributed by atoms with Crippen LogP contribution in [0.25, 0.3) is 5.57 Å². The number of benzene rings is 2. The van der Waals surface area contributed by atoms with Crippen LogP contribution in [0.15, 0.2) is 48.5 Å². The summed E-state index contributed by atoms with van der Waals surface area (Å²) in [7, 11) is -5.73. The summed E-state index contributed by atoms with van der Waals surface area (Å²) in [6, 6.07) is 8.73. The first-order chi connectivity index (χ1) is 23.6. The first-order valence-corrected chi connectivity index (χ1v) is 18.3. The van der Waals surface area contributed by atoms with Gasteiger partial charge < -0.3 is 31.3 Å². The molecule has 4 rings (SSSR count). The van der Waals surface area contributed by atoms with E-state index in [-0.39, 0.29) is 36.5 Å². The molecule has 2 aromatic carbocycles. The highest BCUT2D eigenvalue weighted by atomic mass is 31.2. The van der Waals surface area contributed by atoms with Crippen LogP contribution in [-0.2, 0) is 47.0 Å². The maximum atomic E-state index is 14.1. The summed E-state index contributed by atoms with van der Waals surface area (Å²) in [5.74, 6) is -2.31. The van der Waals surface area contributed by atoms with Crippen molar-refractivity contribution in [2.75, 3.05) is 24.7 Å². The molecule has 0 aromatic heterocycles. The van der Waals surface area contributed by atoms with Crippen LogP contribution >= 0.6 is 7.60 Å². The summed E-state index contributed by atoms with van der Waals surface area (Å²) < 4.78 is 45.0. The standard InChI is InChI=1S/C35H45F2N4O8P/c1-22(23-10-12-27(13-11-23)35(36,37)50(46,47)48)19-29(42)20-26-9-8-24-5-2-6-25-21-30(41(32(24)25)34(26)45)33(44)40-28(14-15-31(39)43)7-3-17-49-18-4-16-38/h2,5-6,10-13,19,26,28,30H,3-4,7-9,14-18,20-21,38H2,1H3,(H2,39,43)(H,40,44)(H2,46,47,48)/b22-19+/t26-,28-,30+/m1/s1. The minimum atomic E-state index is -5.73. The molecule has 0 radical (unpaired) electrons. The number of primary amides is 1. The molecular weight excluding hydrogens is 673 g/mol. The maximum Gasteiger partial charge on any atom is 0.399 e. The minimum absolute atomic E-state index is 0.0812. The molecule has 15 heteroatoms. The molecule has 2 heterocycles. The lowest BCUT2D eigenvalue weighted by molar-refractivity contribution is -0.129. The number of para-hydroxylation sites is 1. The molecule has 272 valence electrons. The van der Waals surface area contributed by atoms with E-state index in [1.807, 2.05) is 18.2 Å². The summed E-state index contributed by atoms with van der Waals surface area (Å²) in [6.45, 7) is 3.11. The summed E-state index contributed by atoms with van der Waals surface area (Å²) in [4.78, 5) is 72.3. The van der Waals surface area contributed by atoms with Crippen molar-refractivity contribution in [3.63, 3.8) is 0 Å². The number of alkyl halides is 2. The molecule has 2 aromatic rings. The van der Waals surface area contributed by atoms with E-state index in [0.29, 0.717) is 75.1 Å². The van der Waals surface area contributed by atoms with Gasteiger partial charge in [0.15, 0.2) is 5.78 Å². The molecule has 2 aliphatic rings. The normalized spacial score (nSPS) is 18.4. The van der Waals surface area contributed by atoms with Crippen molar-refractivity contribution in [3.05, 3.63) is 70.8 Å². The topological polar surface area (TPSA) is 202 Å². The molecule has 0 saturated heterocycles. The molecule has 2 aliphatic heterocycles. The number of carbonyl (C=O) groups excluding carboxylic acids is 4. The number of anilines is 1. The van der Waals surface area contributed by atoms with E-state index in [1.165, 1.54) is 23.1 Å². The van der Waals surface area contributed by atoms with Crippen LogP contribution in [0.5, 0.6) is 0 Å². The number of hydrogen-bond acceptors (Lipinski definition) is 7. The van der Waals surface area contributed by atoms with Gasteiger partial charge in [-0.05, 0) is 80.3 Å². The fourth-order valence-corrected chi connectivity index (χ4v) is 6.92. The van der Waals surface area contributed by atoms with Gasteiger partial charge in [-0.15, -0.1) is 0 Å². The van der Waals surface area contributed by atoms with Crippen molar-refractivity contribution in [3.8, 4) is 0 Å². The van der Waals surface area contributed by atoms with E-state index in [9.17, 15) is 32.5 Å². The Morgan fingerprint density at radius 3 is 2.44 bits per heavy atom. The maximum absolute atomic E-state index is 14.1. The van der Waals surface area contributed by atoms with Gasteiger partial charge in [-0.3, -0.25) is 28.6 Å². The molecule has 0 saturated carbocycles. The zero-order valence-corrected chi connectivity index (χ0v) is 28.9. The Balaban J connectivity index is 1.48. The van der Waals surface area contributed by atoms with Gasteiger partial charge in [0, 0.05) is 50.0 Å². The van der Waals surface area contributed by atoms with Crippen molar-refractivity contribution < 1.29 is 47.0 Å². The Kier molecular flexibility index (Phi) is 13.2. The van der Waals surface area contributed by atoms with Gasteiger partial charge in [-0.25, -0.2) is 0 Å². The number of aryl methyl sites for hydroxylation is 1. The van der Waals surface area contributed by atoms with Crippen molar-refractivity contribution in [1.29, 1.82) is 0 Å². The Bertz CT molecular complexity index is 1650. The number of allylic oxidation sites excluding steroid dienone is 2. The van der Waals surface area contributed by atoms with E-state index >= 15 is 0 Å². The fraction of sp³-hybridized carbons (Fsp3) is 0.486.